The molecule has 0 amide bonds. The third-order valence-corrected chi connectivity index (χ3v) is 6.23. The fourth-order valence-corrected chi connectivity index (χ4v) is 5.01. The topological polar surface area (TPSA) is 3.24 Å². The monoisotopic (exact) mass is 313 g/mol. The van der Waals surface area contributed by atoms with Crippen LogP contribution >= 0.6 is 0 Å². The third kappa shape index (κ3) is 4.31. The number of unbranched alkanes of at least 4 members (excludes halogenated alkanes) is 3. The first-order valence-electron chi connectivity index (χ1n) is 10.2. The minimum atomic E-state index is 0.803. The van der Waals surface area contributed by atoms with Gasteiger partial charge in [0, 0.05) is 18.3 Å². The maximum atomic E-state index is 2.78. The van der Waals surface area contributed by atoms with Crippen LogP contribution in [0.1, 0.15) is 77.6 Å². The fourth-order valence-electron chi connectivity index (χ4n) is 5.01. The van der Waals surface area contributed by atoms with Gasteiger partial charge in [-0.2, -0.15) is 0 Å². The molecule has 3 rings (SSSR count). The van der Waals surface area contributed by atoms with E-state index in [0.717, 1.165) is 17.9 Å². The molecule has 0 spiro atoms. The van der Waals surface area contributed by atoms with Gasteiger partial charge in [-0.1, -0.05) is 76.5 Å². The zero-order chi connectivity index (χ0) is 15.9. The van der Waals surface area contributed by atoms with E-state index < -0.39 is 0 Å². The minimum Gasteiger partial charge on any atom is -0.368 e. The highest BCUT2D eigenvalue weighted by Gasteiger charge is 2.40. The number of nitrogens with zero attached hydrogens (tertiary/aromatic N) is 1. The first-order valence-corrected chi connectivity index (χ1v) is 10.2. The molecule has 2 aliphatic rings. The number of hydrogen-bond donors (Lipinski definition) is 0. The second-order valence-corrected chi connectivity index (χ2v) is 7.82. The summed E-state index contributed by atoms with van der Waals surface area (Å²) in [6, 6.07) is 12.0. The Kier molecular flexibility index (Phi) is 6.42. The summed E-state index contributed by atoms with van der Waals surface area (Å²) in [5.74, 6) is 1.91. The van der Waals surface area contributed by atoms with Gasteiger partial charge < -0.3 is 4.90 Å². The van der Waals surface area contributed by atoms with Gasteiger partial charge in [0.15, 0.2) is 0 Å². The van der Waals surface area contributed by atoms with Gasteiger partial charge in [-0.3, -0.25) is 0 Å². The molecule has 1 saturated carbocycles. The number of hydrogen-bond acceptors (Lipinski definition) is 1. The maximum absolute atomic E-state index is 2.78. The molecule has 1 heteroatoms. The van der Waals surface area contributed by atoms with E-state index in [9.17, 15) is 0 Å². The van der Waals surface area contributed by atoms with Crippen molar-refractivity contribution in [3.63, 3.8) is 0 Å². The first kappa shape index (κ1) is 16.9. The van der Waals surface area contributed by atoms with E-state index in [2.05, 4.69) is 42.2 Å². The molecular weight excluding hydrogens is 278 g/mol. The molecule has 2 fully saturated rings. The van der Waals surface area contributed by atoms with Crippen LogP contribution in [0.25, 0.3) is 0 Å². The van der Waals surface area contributed by atoms with Crippen LogP contribution in [0.5, 0.6) is 0 Å². The molecule has 0 radical (unpaired) electrons. The number of benzene rings is 1. The second kappa shape index (κ2) is 8.76. The predicted octanol–water partition coefficient (Wildman–Crippen LogP) is 6.43. The smallest absolute Gasteiger partial charge is 0.0368 e. The standard InChI is InChI=1S/C22H35N/c1-2-3-4-12-17-22-21-16-11-6-5-8-13-19(21)18-23(22)20-14-9-7-10-15-20/h7,9-10,14-15,19,21-22H,2-6,8,11-13,16-18H2,1H3. The first-order chi connectivity index (χ1) is 11.4. The van der Waals surface area contributed by atoms with Crippen molar-refractivity contribution >= 4 is 5.69 Å². The normalized spacial score (nSPS) is 28.2. The summed E-state index contributed by atoms with van der Waals surface area (Å²) < 4.78 is 0. The molecule has 1 nitrogen and oxygen atoms in total. The lowest BCUT2D eigenvalue weighted by Crippen LogP contribution is -2.33. The molecule has 1 aliphatic heterocycles. The SMILES string of the molecule is CCCCCCC1C2CCCCCCC2CN1c1ccccc1. The minimum absolute atomic E-state index is 0.803. The summed E-state index contributed by atoms with van der Waals surface area (Å²) >= 11 is 0. The van der Waals surface area contributed by atoms with Gasteiger partial charge >= 0.3 is 0 Å². The highest BCUT2D eigenvalue weighted by Crippen LogP contribution is 2.42. The molecule has 1 aromatic rings. The number of para-hydroxylation sites is 1. The van der Waals surface area contributed by atoms with E-state index in [0.29, 0.717) is 0 Å². The van der Waals surface area contributed by atoms with E-state index in [-0.39, 0.29) is 0 Å². The van der Waals surface area contributed by atoms with Crippen LogP contribution in [-0.2, 0) is 0 Å². The van der Waals surface area contributed by atoms with Crippen molar-refractivity contribution in [1.29, 1.82) is 0 Å². The van der Waals surface area contributed by atoms with Crippen LogP contribution in [0.3, 0.4) is 0 Å². The van der Waals surface area contributed by atoms with Crippen molar-refractivity contribution in [2.75, 3.05) is 11.4 Å². The zero-order valence-electron chi connectivity index (χ0n) is 15.1. The molecule has 23 heavy (non-hydrogen) atoms. The fraction of sp³-hybridized carbons (Fsp3) is 0.727. The van der Waals surface area contributed by atoms with E-state index >= 15 is 0 Å². The predicted molar refractivity (Wildman–Crippen MR) is 101 cm³/mol. The lowest BCUT2D eigenvalue weighted by molar-refractivity contribution is 0.281. The van der Waals surface area contributed by atoms with Gasteiger partial charge in [0.2, 0.25) is 0 Å². The molecule has 1 aliphatic carbocycles. The Morgan fingerprint density at radius 1 is 0.913 bits per heavy atom. The lowest BCUT2D eigenvalue weighted by Gasteiger charge is -2.31. The summed E-state index contributed by atoms with van der Waals surface area (Å²) in [5.41, 5.74) is 1.47. The van der Waals surface area contributed by atoms with Gasteiger partial charge in [0.1, 0.15) is 0 Å². The maximum Gasteiger partial charge on any atom is 0.0368 e. The van der Waals surface area contributed by atoms with Crippen molar-refractivity contribution < 1.29 is 0 Å². The Morgan fingerprint density at radius 2 is 1.70 bits per heavy atom. The molecule has 1 heterocycles. The summed E-state index contributed by atoms with van der Waals surface area (Å²) in [7, 11) is 0. The van der Waals surface area contributed by atoms with E-state index in [1.807, 2.05) is 0 Å². The quantitative estimate of drug-likeness (QED) is 0.547. The molecule has 3 atom stereocenters. The Morgan fingerprint density at radius 3 is 2.48 bits per heavy atom. The Labute approximate surface area is 143 Å². The summed E-state index contributed by atoms with van der Waals surface area (Å²) in [6.45, 7) is 3.63. The van der Waals surface area contributed by atoms with Gasteiger partial charge in [0.25, 0.3) is 0 Å². The third-order valence-electron chi connectivity index (χ3n) is 6.23. The number of fused-ring (bicyclic) bond motifs is 1. The molecule has 1 aromatic carbocycles. The highest BCUT2D eigenvalue weighted by atomic mass is 15.2. The van der Waals surface area contributed by atoms with Crippen molar-refractivity contribution in [1.82, 2.24) is 0 Å². The van der Waals surface area contributed by atoms with Gasteiger partial charge in [0.05, 0.1) is 0 Å². The number of rotatable bonds is 6. The molecular formula is C22H35N. The highest BCUT2D eigenvalue weighted by molar-refractivity contribution is 5.48. The number of anilines is 1. The average molecular weight is 314 g/mol. The molecule has 0 N–H and O–H groups in total. The second-order valence-electron chi connectivity index (χ2n) is 7.82. The molecule has 0 aromatic heterocycles. The van der Waals surface area contributed by atoms with Crippen LogP contribution < -0.4 is 4.90 Å². The van der Waals surface area contributed by atoms with Crippen LogP contribution in [0.2, 0.25) is 0 Å². The van der Waals surface area contributed by atoms with Gasteiger partial charge in [-0.15, -0.1) is 0 Å². The van der Waals surface area contributed by atoms with Crippen LogP contribution in [0.4, 0.5) is 5.69 Å². The zero-order valence-corrected chi connectivity index (χ0v) is 15.1. The van der Waals surface area contributed by atoms with Crippen molar-refractivity contribution in [3.05, 3.63) is 30.3 Å². The van der Waals surface area contributed by atoms with E-state index in [4.69, 9.17) is 0 Å². The van der Waals surface area contributed by atoms with Crippen molar-refractivity contribution in [2.24, 2.45) is 11.8 Å². The summed E-state index contributed by atoms with van der Waals surface area (Å²) in [4.78, 5) is 2.78. The summed E-state index contributed by atoms with van der Waals surface area (Å²) in [5, 5.41) is 0. The largest absolute Gasteiger partial charge is 0.368 e. The Bertz CT molecular complexity index is 441. The van der Waals surface area contributed by atoms with Crippen LogP contribution in [-0.4, -0.2) is 12.6 Å². The molecule has 0 bridgehead atoms. The van der Waals surface area contributed by atoms with Crippen LogP contribution in [0.15, 0.2) is 30.3 Å². The van der Waals surface area contributed by atoms with Gasteiger partial charge in [-0.05, 0) is 43.2 Å². The molecule has 3 unspecified atom stereocenters. The summed E-state index contributed by atoms with van der Waals surface area (Å²) in [6.07, 6.45) is 15.8. The van der Waals surface area contributed by atoms with E-state index in [1.165, 1.54) is 82.9 Å². The Hall–Kier alpha value is -0.980. The Balaban J connectivity index is 1.72. The van der Waals surface area contributed by atoms with E-state index in [1.54, 1.807) is 0 Å². The van der Waals surface area contributed by atoms with Crippen molar-refractivity contribution in [3.8, 4) is 0 Å². The molecule has 128 valence electrons. The average Bonchev–Trinajstić information content (AvgIpc) is 2.89. The van der Waals surface area contributed by atoms with Crippen LogP contribution in [0, 0.1) is 11.8 Å². The molecule has 1 saturated heterocycles. The van der Waals surface area contributed by atoms with Crippen molar-refractivity contribution in [2.45, 2.75) is 83.6 Å². The lowest BCUT2D eigenvalue weighted by atomic mass is 9.79. The van der Waals surface area contributed by atoms with Gasteiger partial charge in [-0.25, -0.2) is 0 Å².